The molecule has 0 atom stereocenters. The van der Waals surface area contributed by atoms with Crippen LogP contribution in [0.5, 0.6) is 0 Å². The van der Waals surface area contributed by atoms with Crippen LogP contribution >= 0.6 is 12.2 Å². The van der Waals surface area contributed by atoms with E-state index >= 15 is 0 Å². The normalized spacial score (nSPS) is 9.94. The van der Waals surface area contributed by atoms with Gasteiger partial charge in [-0.15, -0.1) is 0 Å². The van der Waals surface area contributed by atoms with Crippen LogP contribution in [0.4, 0.5) is 14.9 Å². The Bertz CT molecular complexity index is 461. The van der Waals surface area contributed by atoms with Crippen molar-refractivity contribution in [2.24, 2.45) is 5.73 Å². The number of halogens is 1. The zero-order valence-corrected chi connectivity index (χ0v) is 11.2. The van der Waals surface area contributed by atoms with Gasteiger partial charge in [-0.3, -0.25) is 0 Å². The van der Waals surface area contributed by atoms with E-state index in [1.165, 1.54) is 18.2 Å². The van der Waals surface area contributed by atoms with Crippen LogP contribution in [-0.2, 0) is 0 Å². The van der Waals surface area contributed by atoms with Gasteiger partial charge >= 0.3 is 6.03 Å². The molecule has 0 spiro atoms. The number of carbonyl (C=O) groups excluding carboxylic acids is 1. The third kappa shape index (κ3) is 3.40. The molecule has 6 heteroatoms. The van der Waals surface area contributed by atoms with Crippen LogP contribution in [0.25, 0.3) is 0 Å². The lowest BCUT2D eigenvalue weighted by Crippen LogP contribution is -2.34. The van der Waals surface area contributed by atoms with Gasteiger partial charge < -0.3 is 16.0 Å². The minimum atomic E-state index is -0.497. The molecule has 0 aliphatic rings. The van der Waals surface area contributed by atoms with Gasteiger partial charge in [0.1, 0.15) is 10.8 Å². The lowest BCUT2D eigenvalue weighted by molar-refractivity contribution is 0.217. The number of urea groups is 1. The van der Waals surface area contributed by atoms with Crippen LogP contribution in [0, 0.1) is 5.82 Å². The number of nitrogens with two attached hydrogens (primary N) is 1. The van der Waals surface area contributed by atoms with E-state index in [1.807, 2.05) is 13.8 Å². The van der Waals surface area contributed by atoms with Gasteiger partial charge in [-0.05, 0) is 32.0 Å². The molecule has 1 aromatic rings. The Morgan fingerprint density at radius 3 is 2.56 bits per heavy atom. The largest absolute Gasteiger partial charge is 0.389 e. The molecule has 0 aliphatic carbocycles. The number of benzene rings is 1. The van der Waals surface area contributed by atoms with Crippen LogP contribution in [0.3, 0.4) is 0 Å². The molecule has 0 bridgehead atoms. The Labute approximate surface area is 111 Å². The number of anilines is 1. The molecule has 0 radical (unpaired) electrons. The van der Waals surface area contributed by atoms with Gasteiger partial charge in [-0.2, -0.15) is 0 Å². The maximum Gasteiger partial charge on any atom is 0.321 e. The summed E-state index contributed by atoms with van der Waals surface area (Å²) in [7, 11) is 0. The number of hydrogen-bond acceptors (Lipinski definition) is 2. The maximum absolute atomic E-state index is 13.4. The minimum Gasteiger partial charge on any atom is -0.389 e. The molecule has 0 aromatic heterocycles. The van der Waals surface area contributed by atoms with Gasteiger partial charge in [0.25, 0.3) is 0 Å². The third-order valence-corrected chi connectivity index (χ3v) is 2.75. The first kappa shape index (κ1) is 14.4. The smallest absolute Gasteiger partial charge is 0.321 e. The molecule has 0 fully saturated rings. The zero-order chi connectivity index (χ0) is 13.7. The molecule has 0 heterocycles. The predicted molar refractivity (Wildman–Crippen MR) is 74.2 cm³/mol. The second-order valence-corrected chi connectivity index (χ2v) is 4.10. The Kier molecular flexibility index (Phi) is 5.03. The van der Waals surface area contributed by atoms with Crippen molar-refractivity contribution in [3.05, 3.63) is 29.6 Å². The highest BCUT2D eigenvalue weighted by molar-refractivity contribution is 7.80. The summed E-state index contributed by atoms with van der Waals surface area (Å²) in [6, 6.07) is 3.89. The number of thiocarbonyl (C=S) groups is 1. The predicted octanol–water partition coefficient (Wildman–Crippen LogP) is 2.33. The Hall–Kier alpha value is -1.69. The molecule has 2 amide bonds. The van der Waals surface area contributed by atoms with Crippen molar-refractivity contribution in [3.63, 3.8) is 0 Å². The standard InChI is InChI=1S/C12H16FN3OS/c1-3-16(4-2)12(17)15-8-5-6-10(13)9(7-8)11(14)18/h5-7H,3-4H2,1-2H3,(H2,14,18)(H,15,17). The molecule has 98 valence electrons. The van der Waals surface area contributed by atoms with Gasteiger partial charge in [0.05, 0.1) is 0 Å². The SMILES string of the molecule is CCN(CC)C(=O)Nc1ccc(F)c(C(N)=S)c1. The molecule has 0 saturated heterocycles. The molecule has 4 nitrogen and oxygen atoms in total. The molecule has 18 heavy (non-hydrogen) atoms. The highest BCUT2D eigenvalue weighted by atomic mass is 32.1. The van der Waals surface area contributed by atoms with Crippen LogP contribution < -0.4 is 11.1 Å². The Morgan fingerprint density at radius 1 is 1.44 bits per heavy atom. The molecule has 0 unspecified atom stereocenters. The van der Waals surface area contributed by atoms with Gasteiger partial charge in [-0.1, -0.05) is 12.2 Å². The topological polar surface area (TPSA) is 58.4 Å². The molecular weight excluding hydrogens is 253 g/mol. The van der Waals surface area contributed by atoms with Crippen LogP contribution in [0.15, 0.2) is 18.2 Å². The number of rotatable bonds is 4. The monoisotopic (exact) mass is 269 g/mol. The number of nitrogens with one attached hydrogen (secondary N) is 1. The highest BCUT2D eigenvalue weighted by Crippen LogP contribution is 2.15. The van der Waals surface area contributed by atoms with Gasteiger partial charge in [-0.25, -0.2) is 9.18 Å². The van der Waals surface area contributed by atoms with E-state index in [2.05, 4.69) is 5.32 Å². The summed E-state index contributed by atoms with van der Waals surface area (Å²) in [5.74, 6) is -0.497. The second-order valence-electron chi connectivity index (χ2n) is 3.66. The van der Waals surface area contributed by atoms with Crippen LogP contribution in [-0.4, -0.2) is 29.0 Å². The van der Waals surface area contributed by atoms with Gasteiger partial charge in [0.15, 0.2) is 0 Å². The van der Waals surface area contributed by atoms with Gasteiger partial charge in [0, 0.05) is 24.3 Å². The number of amides is 2. The fourth-order valence-electron chi connectivity index (χ4n) is 1.51. The number of hydrogen-bond donors (Lipinski definition) is 2. The third-order valence-electron chi connectivity index (χ3n) is 2.53. The fraction of sp³-hybridized carbons (Fsp3) is 0.333. The van der Waals surface area contributed by atoms with E-state index in [-0.39, 0.29) is 16.6 Å². The van der Waals surface area contributed by atoms with E-state index in [1.54, 1.807) is 4.90 Å². The second kappa shape index (κ2) is 6.30. The molecule has 1 rings (SSSR count). The summed E-state index contributed by atoms with van der Waals surface area (Å²) < 4.78 is 13.4. The summed E-state index contributed by atoms with van der Waals surface area (Å²) in [6.45, 7) is 4.97. The van der Waals surface area contributed by atoms with Crippen molar-refractivity contribution >= 4 is 28.9 Å². The van der Waals surface area contributed by atoms with Crippen molar-refractivity contribution in [1.82, 2.24) is 4.90 Å². The number of carbonyl (C=O) groups is 1. The summed E-state index contributed by atoms with van der Waals surface area (Å²) >= 11 is 4.73. The lowest BCUT2D eigenvalue weighted by Gasteiger charge is -2.19. The van der Waals surface area contributed by atoms with E-state index < -0.39 is 5.82 Å². The van der Waals surface area contributed by atoms with Crippen LogP contribution in [0.2, 0.25) is 0 Å². The lowest BCUT2D eigenvalue weighted by atomic mass is 10.2. The number of nitrogens with zero attached hydrogens (tertiary/aromatic N) is 1. The van der Waals surface area contributed by atoms with Crippen LogP contribution in [0.1, 0.15) is 19.4 Å². The minimum absolute atomic E-state index is 0.0357. The quantitative estimate of drug-likeness (QED) is 0.825. The van der Waals surface area contributed by atoms with E-state index in [0.29, 0.717) is 18.8 Å². The van der Waals surface area contributed by atoms with E-state index in [9.17, 15) is 9.18 Å². The molecule has 0 aliphatic heterocycles. The summed E-state index contributed by atoms with van der Waals surface area (Å²) in [6.07, 6.45) is 0. The first-order valence-corrected chi connectivity index (χ1v) is 6.05. The van der Waals surface area contributed by atoms with Crippen molar-refractivity contribution in [3.8, 4) is 0 Å². The Morgan fingerprint density at radius 2 is 2.06 bits per heavy atom. The Balaban J connectivity index is 2.89. The molecular formula is C12H16FN3OS. The zero-order valence-electron chi connectivity index (χ0n) is 10.4. The average Bonchev–Trinajstić information content (AvgIpc) is 2.32. The maximum atomic E-state index is 13.4. The first-order chi connectivity index (χ1) is 8.49. The molecule has 3 N–H and O–H groups in total. The van der Waals surface area contributed by atoms with Crippen molar-refractivity contribution in [2.45, 2.75) is 13.8 Å². The summed E-state index contributed by atoms with van der Waals surface area (Å²) in [4.78, 5) is 13.4. The van der Waals surface area contributed by atoms with Crippen molar-refractivity contribution in [1.29, 1.82) is 0 Å². The van der Waals surface area contributed by atoms with E-state index in [4.69, 9.17) is 18.0 Å². The van der Waals surface area contributed by atoms with Crippen molar-refractivity contribution in [2.75, 3.05) is 18.4 Å². The highest BCUT2D eigenvalue weighted by Gasteiger charge is 2.11. The molecule has 0 saturated carbocycles. The van der Waals surface area contributed by atoms with Gasteiger partial charge in [0.2, 0.25) is 0 Å². The van der Waals surface area contributed by atoms with E-state index in [0.717, 1.165) is 0 Å². The molecule has 1 aromatic carbocycles. The summed E-state index contributed by atoms with van der Waals surface area (Å²) in [5.41, 5.74) is 5.99. The average molecular weight is 269 g/mol. The fourth-order valence-corrected chi connectivity index (χ4v) is 1.66. The summed E-state index contributed by atoms with van der Waals surface area (Å²) in [5, 5.41) is 2.67. The first-order valence-electron chi connectivity index (χ1n) is 5.64. The van der Waals surface area contributed by atoms with Crippen molar-refractivity contribution < 1.29 is 9.18 Å².